The van der Waals surface area contributed by atoms with E-state index in [9.17, 15) is 13.2 Å². The van der Waals surface area contributed by atoms with E-state index in [1.165, 1.54) is 26.6 Å². The molecule has 6 nitrogen and oxygen atoms in total. The van der Waals surface area contributed by atoms with Crippen molar-refractivity contribution in [3.63, 3.8) is 0 Å². The van der Waals surface area contributed by atoms with Crippen molar-refractivity contribution in [3.8, 4) is 0 Å². The predicted molar refractivity (Wildman–Crippen MR) is 104 cm³/mol. The van der Waals surface area contributed by atoms with E-state index in [4.69, 9.17) is 11.6 Å². The summed E-state index contributed by atoms with van der Waals surface area (Å²) >= 11 is 8.39. The molecule has 2 aliphatic rings. The zero-order valence-corrected chi connectivity index (χ0v) is 17.1. The summed E-state index contributed by atoms with van der Waals surface area (Å²) in [7, 11) is -3.72. The van der Waals surface area contributed by atoms with Crippen molar-refractivity contribution >= 4 is 55.3 Å². The van der Waals surface area contributed by atoms with Gasteiger partial charge in [-0.25, -0.2) is 13.4 Å². The van der Waals surface area contributed by atoms with Gasteiger partial charge in [0.05, 0.1) is 10.0 Å². The molecule has 1 N–H and O–H groups in total. The highest BCUT2D eigenvalue weighted by Crippen LogP contribution is 2.33. The van der Waals surface area contributed by atoms with Gasteiger partial charge in [0.1, 0.15) is 10.3 Å². The Bertz CT molecular complexity index is 914. The van der Waals surface area contributed by atoms with Gasteiger partial charge in [-0.05, 0) is 50.7 Å². The van der Waals surface area contributed by atoms with E-state index in [0.717, 1.165) is 42.7 Å². The normalized spacial score (nSPS) is 20.9. The number of halogens is 1. The van der Waals surface area contributed by atoms with Gasteiger partial charge in [-0.15, -0.1) is 22.7 Å². The minimum Gasteiger partial charge on any atom is -0.301 e. The van der Waals surface area contributed by atoms with Gasteiger partial charge in [-0.2, -0.15) is 4.31 Å². The Labute approximate surface area is 165 Å². The second-order valence-electron chi connectivity index (χ2n) is 6.42. The number of hydrogen-bond donors (Lipinski definition) is 1. The molecular weight excluding hydrogens is 414 g/mol. The van der Waals surface area contributed by atoms with Crippen molar-refractivity contribution < 1.29 is 13.2 Å². The van der Waals surface area contributed by atoms with Crippen molar-refractivity contribution in [2.24, 2.45) is 0 Å². The van der Waals surface area contributed by atoms with Crippen LogP contribution >= 0.6 is 34.3 Å². The molecule has 0 radical (unpaired) electrons. The van der Waals surface area contributed by atoms with Crippen LogP contribution in [0.2, 0.25) is 4.34 Å². The minimum atomic E-state index is -3.72. The number of aryl methyl sites for hydroxylation is 2. The highest BCUT2D eigenvalue weighted by atomic mass is 35.5. The molecule has 26 heavy (non-hydrogen) atoms. The molecule has 1 atom stereocenters. The number of aromatic nitrogens is 1. The molecule has 1 aliphatic heterocycles. The number of amides is 1. The summed E-state index contributed by atoms with van der Waals surface area (Å²) in [4.78, 5) is 18.5. The summed E-state index contributed by atoms with van der Waals surface area (Å²) in [6.07, 6.45) is 5.40. The third kappa shape index (κ3) is 3.43. The summed E-state index contributed by atoms with van der Waals surface area (Å²) < 4.78 is 27.6. The molecule has 0 unspecified atom stereocenters. The molecule has 140 valence electrons. The summed E-state index contributed by atoms with van der Waals surface area (Å²) in [5.41, 5.74) is 1.07. The SMILES string of the molecule is O=C(Nc1nc2c(s1)CCCC2)[C@@H]1CCCN1S(=O)(=O)c1ccc(Cl)s1. The van der Waals surface area contributed by atoms with E-state index >= 15 is 0 Å². The second-order valence-corrected chi connectivity index (χ2v) is 11.3. The summed E-state index contributed by atoms with van der Waals surface area (Å²) in [6, 6.07) is 2.34. The number of nitrogens with zero attached hydrogens (tertiary/aromatic N) is 2. The molecule has 10 heteroatoms. The minimum absolute atomic E-state index is 0.173. The van der Waals surface area contributed by atoms with Gasteiger partial charge in [0.15, 0.2) is 5.13 Å². The summed E-state index contributed by atoms with van der Waals surface area (Å²) in [6.45, 7) is 0.338. The van der Waals surface area contributed by atoms with Crippen LogP contribution in [-0.2, 0) is 27.7 Å². The highest BCUT2D eigenvalue weighted by Gasteiger charge is 2.40. The summed E-state index contributed by atoms with van der Waals surface area (Å²) in [5.74, 6) is -0.306. The lowest BCUT2D eigenvalue weighted by Crippen LogP contribution is -2.42. The molecule has 2 aromatic rings. The largest absolute Gasteiger partial charge is 0.301 e. The third-order valence-electron chi connectivity index (χ3n) is 4.69. The van der Waals surface area contributed by atoms with Crippen LogP contribution in [-0.4, -0.2) is 36.2 Å². The Morgan fingerprint density at radius 1 is 1.23 bits per heavy atom. The van der Waals surface area contributed by atoms with E-state index in [-0.39, 0.29) is 10.1 Å². The van der Waals surface area contributed by atoms with Gasteiger partial charge in [-0.3, -0.25) is 4.79 Å². The van der Waals surface area contributed by atoms with Crippen LogP contribution in [0.4, 0.5) is 5.13 Å². The lowest BCUT2D eigenvalue weighted by atomic mass is 10.0. The number of anilines is 1. The van der Waals surface area contributed by atoms with E-state index in [1.54, 1.807) is 6.07 Å². The fourth-order valence-electron chi connectivity index (χ4n) is 3.44. The molecule has 0 saturated carbocycles. The van der Waals surface area contributed by atoms with Crippen molar-refractivity contribution in [2.75, 3.05) is 11.9 Å². The van der Waals surface area contributed by atoms with E-state index < -0.39 is 16.1 Å². The molecule has 0 bridgehead atoms. The highest BCUT2D eigenvalue weighted by molar-refractivity contribution is 7.91. The van der Waals surface area contributed by atoms with Crippen molar-refractivity contribution in [3.05, 3.63) is 27.0 Å². The number of thiophene rings is 1. The average Bonchev–Trinajstić information content (AvgIpc) is 3.33. The first-order valence-corrected chi connectivity index (χ1v) is 12.0. The van der Waals surface area contributed by atoms with E-state index in [0.29, 0.717) is 28.9 Å². The van der Waals surface area contributed by atoms with Crippen LogP contribution in [0.25, 0.3) is 0 Å². The number of hydrogen-bond acceptors (Lipinski definition) is 6. The van der Waals surface area contributed by atoms with Crippen LogP contribution in [0.3, 0.4) is 0 Å². The number of carbonyl (C=O) groups excluding carboxylic acids is 1. The molecule has 1 fully saturated rings. The summed E-state index contributed by atoms with van der Waals surface area (Å²) in [5, 5.41) is 3.41. The van der Waals surface area contributed by atoms with E-state index in [2.05, 4.69) is 10.3 Å². The van der Waals surface area contributed by atoms with Gasteiger partial charge < -0.3 is 5.32 Å². The van der Waals surface area contributed by atoms with Crippen LogP contribution in [0, 0.1) is 0 Å². The van der Waals surface area contributed by atoms with Crippen molar-refractivity contribution in [2.45, 2.75) is 48.8 Å². The Morgan fingerprint density at radius 3 is 2.77 bits per heavy atom. The van der Waals surface area contributed by atoms with Crippen molar-refractivity contribution in [1.29, 1.82) is 0 Å². The van der Waals surface area contributed by atoms with Crippen LogP contribution in [0.1, 0.15) is 36.3 Å². The Morgan fingerprint density at radius 2 is 2.04 bits per heavy atom. The lowest BCUT2D eigenvalue weighted by Gasteiger charge is -2.22. The number of fused-ring (bicyclic) bond motifs is 1. The van der Waals surface area contributed by atoms with Gasteiger partial charge in [0.2, 0.25) is 5.91 Å². The maximum absolute atomic E-state index is 12.9. The first-order chi connectivity index (χ1) is 12.4. The third-order valence-corrected chi connectivity index (χ3v) is 9.37. The number of nitrogens with one attached hydrogen (secondary N) is 1. The zero-order chi connectivity index (χ0) is 18.3. The molecule has 0 spiro atoms. The van der Waals surface area contributed by atoms with Gasteiger partial charge in [0.25, 0.3) is 10.0 Å². The second kappa shape index (κ2) is 7.20. The Hall–Kier alpha value is -1.000. The number of sulfonamides is 1. The number of thiazole rings is 1. The fourth-order valence-corrected chi connectivity index (χ4v) is 7.76. The molecule has 1 saturated heterocycles. The molecule has 0 aromatic carbocycles. The zero-order valence-electron chi connectivity index (χ0n) is 13.9. The number of rotatable bonds is 4. The maximum atomic E-state index is 12.9. The Balaban J connectivity index is 1.52. The first-order valence-electron chi connectivity index (χ1n) is 8.52. The quantitative estimate of drug-likeness (QED) is 0.803. The lowest BCUT2D eigenvalue weighted by molar-refractivity contribution is -0.119. The standard InChI is InChI=1S/C16H18ClN3O3S3/c17-13-7-8-14(25-13)26(22,23)20-9-3-5-11(20)15(21)19-16-18-10-4-1-2-6-12(10)24-16/h7-8,11H,1-6,9H2,(H,18,19,21)/t11-/m0/s1. The molecular formula is C16H18ClN3O3S3. The molecule has 3 heterocycles. The van der Waals surface area contributed by atoms with Crippen LogP contribution in [0.5, 0.6) is 0 Å². The van der Waals surface area contributed by atoms with E-state index in [1.807, 2.05) is 0 Å². The van der Waals surface area contributed by atoms with Crippen LogP contribution in [0.15, 0.2) is 16.3 Å². The smallest absolute Gasteiger partial charge is 0.253 e. The van der Waals surface area contributed by atoms with Gasteiger partial charge in [-0.1, -0.05) is 11.6 Å². The van der Waals surface area contributed by atoms with Crippen LogP contribution < -0.4 is 5.32 Å². The number of carbonyl (C=O) groups is 1. The molecule has 2 aromatic heterocycles. The predicted octanol–water partition coefficient (Wildman–Crippen LogP) is 3.53. The fraction of sp³-hybridized carbons (Fsp3) is 0.500. The Kier molecular flexibility index (Phi) is 5.08. The molecule has 1 amide bonds. The molecule has 4 rings (SSSR count). The first kappa shape index (κ1) is 18.4. The van der Waals surface area contributed by atoms with Gasteiger partial charge >= 0.3 is 0 Å². The van der Waals surface area contributed by atoms with Gasteiger partial charge in [0, 0.05) is 11.4 Å². The maximum Gasteiger partial charge on any atom is 0.253 e. The van der Waals surface area contributed by atoms with Crippen molar-refractivity contribution in [1.82, 2.24) is 9.29 Å². The molecule has 1 aliphatic carbocycles. The topological polar surface area (TPSA) is 79.4 Å². The average molecular weight is 432 g/mol. The monoisotopic (exact) mass is 431 g/mol.